The van der Waals surface area contributed by atoms with Gasteiger partial charge >= 0.3 is 0 Å². The Balaban J connectivity index is 3.30. The van der Waals surface area contributed by atoms with Crippen molar-refractivity contribution in [3.05, 3.63) is 5.82 Å². The van der Waals surface area contributed by atoms with E-state index < -0.39 is 10.0 Å². The highest BCUT2D eigenvalue weighted by molar-refractivity contribution is 7.89. The van der Waals surface area contributed by atoms with Crippen LogP contribution in [0.5, 0.6) is 0 Å². The van der Waals surface area contributed by atoms with Gasteiger partial charge in [-0.05, 0) is 13.3 Å². The van der Waals surface area contributed by atoms with Crippen LogP contribution in [0.1, 0.15) is 38.9 Å². The zero-order valence-corrected chi connectivity index (χ0v) is 9.95. The summed E-state index contributed by atoms with van der Waals surface area (Å²) >= 11 is 0. The van der Waals surface area contributed by atoms with E-state index in [0.717, 1.165) is 6.42 Å². The molecule has 0 aliphatic rings. The topological polar surface area (TPSA) is 90.9 Å². The van der Waals surface area contributed by atoms with Gasteiger partial charge in [-0.15, -0.1) is 10.2 Å². The maximum atomic E-state index is 11.2. The van der Waals surface area contributed by atoms with Crippen molar-refractivity contribution in [2.45, 2.75) is 44.8 Å². The van der Waals surface area contributed by atoms with E-state index in [1.165, 1.54) is 0 Å². The maximum Gasteiger partial charge on any atom is 0.273 e. The average molecular weight is 232 g/mol. The fraction of sp³-hybridized carbons (Fsp3) is 0.750. The van der Waals surface area contributed by atoms with Crippen molar-refractivity contribution in [3.63, 3.8) is 0 Å². The second-order valence-corrected chi connectivity index (χ2v) is 4.89. The highest BCUT2D eigenvalue weighted by Gasteiger charge is 2.22. The Labute approximate surface area is 89.5 Å². The lowest BCUT2D eigenvalue weighted by molar-refractivity contribution is 0.549. The van der Waals surface area contributed by atoms with E-state index in [1.807, 2.05) is 20.8 Å². The quantitative estimate of drug-likeness (QED) is 0.816. The van der Waals surface area contributed by atoms with Gasteiger partial charge in [0.1, 0.15) is 5.82 Å². The lowest BCUT2D eigenvalue weighted by Gasteiger charge is -2.10. The summed E-state index contributed by atoms with van der Waals surface area (Å²) < 4.78 is 23.9. The van der Waals surface area contributed by atoms with Crippen LogP contribution in [0.3, 0.4) is 0 Å². The molecule has 2 N–H and O–H groups in total. The summed E-state index contributed by atoms with van der Waals surface area (Å²) in [4.78, 5) is 0. The first-order chi connectivity index (χ1) is 6.91. The van der Waals surface area contributed by atoms with Crippen LogP contribution in [0.2, 0.25) is 0 Å². The largest absolute Gasteiger partial charge is 0.301 e. The van der Waals surface area contributed by atoms with Crippen LogP contribution < -0.4 is 5.14 Å². The molecule has 0 bridgehead atoms. The predicted molar refractivity (Wildman–Crippen MR) is 55.8 cm³/mol. The van der Waals surface area contributed by atoms with Crippen LogP contribution in [0.4, 0.5) is 0 Å². The van der Waals surface area contributed by atoms with E-state index in [9.17, 15) is 8.42 Å². The molecule has 1 aromatic heterocycles. The van der Waals surface area contributed by atoms with Gasteiger partial charge in [-0.25, -0.2) is 13.6 Å². The SMILES string of the molecule is CCC(C)c1nnc(S(N)(=O)=O)n1CC. The molecule has 86 valence electrons. The highest BCUT2D eigenvalue weighted by Crippen LogP contribution is 2.18. The molecule has 0 saturated heterocycles. The molecule has 1 rings (SSSR count). The Bertz CT molecular complexity index is 437. The molecule has 1 unspecified atom stereocenters. The number of nitrogens with zero attached hydrogens (tertiary/aromatic N) is 3. The number of aromatic nitrogens is 3. The molecule has 0 aliphatic carbocycles. The number of hydrogen-bond donors (Lipinski definition) is 1. The van der Waals surface area contributed by atoms with Crippen molar-refractivity contribution in [2.75, 3.05) is 0 Å². The van der Waals surface area contributed by atoms with Crippen molar-refractivity contribution in [1.82, 2.24) is 14.8 Å². The predicted octanol–water partition coefficient (Wildman–Crippen LogP) is 0.459. The van der Waals surface area contributed by atoms with E-state index >= 15 is 0 Å². The summed E-state index contributed by atoms with van der Waals surface area (Å²) in [5.74, 6) is 0.844. The third kappa shape index (κ3) is 2.35. The molecule has 6 nitrogen and oxygen atoms in total. The van der Waals surface area contributed by atoms with Crippen molar-refractivity contribution in [1.29, 1.82) is 0 Å². The molecule has 0 spiro atoms. The molecular formula is C8H16N4O2S. The monoisotopic (exact) mass is 232 g/mol. The summed E-state index contributed by atoms with van der Waals surface area (Å²) in [6, 6.07) is 0. The van der Waals surface area contributed by atoms with E-state index in [1.54, 1.807) is 4.57 Å². The first kappa shape index (κ1) is 12.1. The smallest absolute Gasteiger partial charge is 0.273 e. The summed E-state index contributed by atoms with van der Waals surface area (Å²) in [6.07, 6.45) is 0.878. The van der Waals surface area contributed by atoms with Crippen molar-refractivity contribution in [3.8, 4) is 0 Å². The molecule has 0 aliphatic heterocycles. The molecule has 7 heteroatoms. The molecule has 0 aromatic carbocycles. The van der Waals surface area contributed by atoms with Gasteiger partial charge in [0, 0.05) is 12.5 Å². The first-order valence-corrected chi connectivity index (χ1v) is 6.42. The van der Waals surface area contributed by atoms with Gasteiger partial charge in [0.15, 0.2) is 0 Å². The van der Waals surface area contributed by atoms with Crippen LogP contribution in [-0.4, -0.2) is 23.2 Å². The fourth-order valence-corrected chi connectivity index (χ4v) is 2.04. The normalized spacial score (nSPS) is 14.1. The Morgan fingerprint density at radius 3 is 2.40 bits per heavy atom. The second-order valence-electron chi connectivity index (χ2n) is 3.44. The molecule has 0 amide bonds. The van der Waals surface area contributed by atoms with Crippen molar-refractivity contribution >= 4 is 10.0 Å². The molecule has 0 radical (unpaired) electrons. The molecule has 15 heavy (non-hydrogen) atoms. The highest BCUT2D eigenvalue weighted by atomic mass is 32.2. The van der Waals surface area contributed by atoms with Gasteiger partial charge < -0.3 is 4.57 Å². The molecule has 0 fully saturated rings. The Morgan fingerprint density at radius 1 is 1.40 bits per heavy atom. The van der Waals surface area contributed by atoms with E-state index in [0.29, 0.717) is 12.4 Å². The summed E-state index contributed by atoms with van der Waals surface area (Å²) in [5.41, 5.74) is 0. The zero-order valence-electron chi connectivity index (χ0n) is 9.14. The van der Waals surface area contributed by atoms with E-state index in [2.05, 4.69) is 10.2 Å². The zero-order chi connectivity index (χ0) is 11.6. The van der Waals surface area contributed by atoms with Crippen LogP contribution in [0, 0.1) is 0 Å². The second kappa shape index (κ2) is 4.28. The van der Waals surface area contributed by atoms with Gasteiger partial charge in [0.25, 0.3) is 15.2 Å². The van der Waals surface area contributed by atoms with Crippen LogP contribution in [-0.2, 0) is 16.6 Å². The molecule has 0 saturated carbocycles. The minimum Gasteiger partial charge on any atom is -0.301 e. The summed E-state index contributed by atoms with van der Waals surface area (Å²) in [6.45, 7) is 6.32. The van der Waals surface area contributed by atoms with Gasteiger partial charge in [-0.2, -0.15) is 0 Å². The minimum absolute atomic E-state index is 0.152. The van der Waals surface area contributed by atoms with Gasteiger partial charge in [-0.3, -0.25) is 0 Å². The molecule has 1 heterocycles. The van der Waals surface area contributed by atoms with Crippen LogP contribution in [0.15, 0.2) is 5.16 Å². The number of nitrogens with two attached hydrogens (primary N) is 1. The van der Waals surface area contributed by atoms with Crippen molar-refractivity contribution < 1.29 is 8.42 Å². The summed E-state index contributed by atoms with van der Waals surface area (Å²) in [5, 5.41) is 12.4. The lowest BCUT2D eigenvalue weighted by Crippen LogP contribution is -2.19. The third-order valence-corrected chi connectivity index (χ3v) is 3.18. The van der Waals surface area contributed by atoms with Gasteiger partial charge in [0.05, 0.1) is 0 Å². The Kier molecular flexibility index (Phi) is 3.46. The van der Waals surface area contributed by atoms with Gasteiger partial charge in [-0.1, -0.05) is 13.8 Å². The Morgan fingerprint density at radius 2 is 2.00 bits per heavy atom. The number of sulfonamides is 1. The molecular weight excluding hydrogens is 216 g/mol. The fourth-order valence-electron chi connectivity index (χ4n) is 1.35. The maximum absolute atomic E-state index is 11.2. The van der Waals surface area contributed by atoms with Gasteiger partial charge in [0.2, 0.25) is 0 Å². The van der Waals surface area contributed by atoms with E-state index in [-0.39, 0.29) is 11.1 Å². The van der Waals surface area contributed by atoms with E-state index in [4.69, 9.17) is 5.14 Å². The van der Waals surface area contributed by atoms with Crippen LogP contribution >= 0.6 is 0 Å². The van der Waals surface area contributed by atoms with Crippen molar-refractivity contribution in [2.24, 2.45) is 5.14 Å². The Hall–Kier alpha value is -0.950. The number of primary sulfonamides is 1. The van der Waals surface area contributed by atoms with Crippen LogP contribution in [0.25, 0.3) is 0 Å². The third-order valence-electron chi connectivity index (χ3n) is 2.37. The summed E-state index contributed by atoms with van der Waals surface area (Å²) in [7, 11) is -3.78. The average Bonchev–Trinajstić information content (AvgIpc) is 2.59. The lowest BCUT2D eigenvalue weighted by atomic mass is 10.1. The molecule has 1 aromatic rings. The number of rotatable bonds is 4. The number of hydrogen-bond acceptors (Lipinski definition) is 4. The first-order valence-electron chi connectivity index (χ1n) is 4.87. The molecule has 1 atom stereocenters. The standard InChI is InChI=1S/C8H16N4O2S/c1-4-6(3)7-10-11-8(12(7)5-2)15(9,13)14/h6H,4-5H2,1-3H3,(H2,9,13,14). The minimum atomic E-state index is -3.78.